The SMILES string of the molecule is CCCS(=O)(=O)N1CCCCC1C(=O)Nc1cc(C(=O)O)c(C)cc1C. The van der Waals surface area contributed by atoms with E-state index in [1.54, 1.807) is 26.8 Å². The van der Waals surface area contributed by atoms with Gasteiger partial charge in [-0.2, -0.15) is 4.31 Å². The number of hydrogen-bond donors (Lipinski definition) is 2. The Morgan fingerprint density at radius 2 is 1.92 bits per heavy atom. The van der Waals surface area contributed by atoms with Crippen molar-refractivity contribution in [3.63, 3.8) is 0 Å². The maximum absolute atomic E-state index is 12.8. The number of rotatable bonds is 6. The Bertz CT molecular complexity index is 804. The smallest absolute Gasteiger partial charge is 0.336 e. The zero-order chi connectivity index (χ0) is 19.5. The van der Waals surface area contributed by atoms with Crippen LogP contribution in [0.2, 0.25) is 0 Å². The number of nitrogens with zero attached hydrogens (tertiary/aromatic N) is 1. The van der Waals surface area contributed by atoms with Crippen LogP contribution < -0.4 is 5.32 Å². The topological polar surface area (TPSA) is 104 Å². The van der Waals surface area contributed by atoms with Gasteiger partial charge in [0.2, 0.25) is 15.9 Å². The van der Waals surface area contributed by atoms with Crippen LogP contribution in [0.4, 0.5) is 5.69 Å². The van der Waals surface area contributed by atoms with E-state index < -0.39 is 27.9 Å². The first-order chi connectivity index (χ1) is 12.2. The standard InChI is InChI=1S/C18H26N2O5S/c1-4-9-26(24,25)20-8-6-5-7-16(20)17(21)19-15-11-14(18(22)23)12(2)10-13(15)3/h10-11,16H,4-9H2,1-3H3,(H,19,21)(H,22,23). The Morgan fingerprint density at radius 1 is 1.23 bits per heavy atom. The Labute approximate surface area is 154 Å². The minimum absolute atomic E-state index is 0.0174. The maximum atomic E-state index is 12.8. The lowest BCUT2D eigenvalue weighted by Crippen LogP contribution is -2.50. The number of piperidine rings is 1. The summed E-state index contributed by atoms with van der Waals surface area (Å²) in [4.78, 5) is 24.1. The first kappa shape index (κ1) is 20.4. The van der Waals surface area contributed by atoms with E-state index in [0.717, 1.165) is 18.4 Å². The molecule has 7 nitrogen and oxygen atoms in total. The molecule has 0 radical (unpaired) electrons. The van der Waals surface area contributed by atoms with Crippen molar-refractivity contribution in [3.8, 4) is 0 Å². The third kappa shape index (κ3) is 4.42. The van der Waals surface area contributed by atoms with Crippen LogP contribution in [-0.4, -0.2) is 48.0 Å². The molecule has 1 amide bonds. The van der Waals surface area contributed by atoms with Gasteiger partial charge in [0.15, 0.2) is 0 Å². The second kappa shape index (κ2) is 8.18. The van der Waals surface area contributed by atoms with Crippen LogP contribution in [0, 0.1) is 13.8 Å². The van der Waals surface area contributed by atoms with Crippen molar-refractivity contribution in [1.82, 2.24) is 4.31 Å². The lowest BCUT2D eigenvalue weighted by atomic mass is 10.0. The summed E-state index contributed by atoms with van der Waals surface area (Å²) >= 11 is 0. The average Bonchev–Trinajstić information content (AvgIpc) is 2.56. The number of carbonyl (C=O) groups excluding carboxylic acids is 1. The third-order valence-electron chi connectivity index (χ3n) is 4.64. The summed E-state index contributed by atoms with van der Waals surface area (Å²) in [6.45, 7) is 5.61. The quantitative estimate of drug-likeness (QED) is 0.787. The molecule has 1 unspecified atom stereocenters. The van der Waals surface area contributed by atoms with Crippen LogP contribution in [0.3, 0.4) is 0 Å². The molecule has 0 saturated carbocycles. The maximum Gasteiger partial charge on any atom is 0.336 e. The van der Waals surface area contributed by atoms with Gasteiger partial charge in [0, 0.05) is 12.2 Å². The summed E-state index contributed by atoms with van der Waals surface area (Å²) < 4.78 is 26.3. The molecule has 1 saturated heterocycles. The molecule has 1 aliphatic rings. The molecule has 144 valence electrons. The van der Waals surface area contributed by atoms with Crippen LogP contribution in [0.25, 0.3) is 0 Å². The van der Waals surface area contributed by atoms with Crippen LogP contribution in [0.5, 0.6) is 0 Å². The summed E-state index contributed by atoms with van der Waals surface area (Å²) in [5.74, 6) is -1.46. The van der Waals surface area contributed by atoms with E-state index in [-0.39, 0.29) is 11.3 Å². The van der Waals surface area contributed by atoms with Crippen molar-refractivity contribution in [2.45, 2.75) is 52.5 Å². The molecule has 0 aliphatic carbocycles. The van der Waals surface area contributed by atoms with E-state index in [9.17, 15) is 23.1 Å². The number of nitrogens with one attached hydrogen (secondary N) is 1. The Kier molecular flexibility index (Phi) is 6.41. The van der Waals surface area contributed by atoms with Gasteiger partial charge in [-0.1, -0.05) is 19.4 Å². The fourth-order valence-corrected chi connectivity index (χ4v) is 5.06. The predicted octanol–water partition coefficient (Wildman–Crippen LogP) is 2.53. The Hall–Kier alpha value is -1.93. The monoisotopic (exact) mass is 382 g/mol. The zero-order valence-electron chi connectivity index (χ0n) is 15.4. The molecule has 0 bridgehead atoms. The number of carboxylic acid groups (broad SMARTS) is 1. The van der Waals surface area contributed by atoms with Gasteiger partial charge in [-0.15, -0.1) is 0 Å². The van der Waals surface area contributed by atoms with Gasteiger partial charge in [-0.3, -0.25) is 4.79 Å². The van der Waals surface area contributed by atoms with Crippen molar-refractivity contribution in [2.75, 3.05) is 17.6 Å². The lowest BCUT2D eigenvalue weighted by molar-refractivity contribution is -0.120. The minimum Gasteiger partial charge on any atom is -0.478 e. The largest absolute Gasteiger partial charge is 0.478 e. The molecule has 1 fully saturated rings. The van der Waals surface area contributed by atoms with Gasteiger partial charge in [-0.05, 0) is 50.3 Å². The molecule has 0 spiro atoms. The van der Waals surface area contributed by atoms with Crippen molar-refractivity contribution in [1.29, 1.82) is 0 Å². The molecule has 1 heterocycles. The van der Waals surface area contributed by atoms with Crippen LogP contribution in [-0.2, 0) is 14.8 Å². The second-order valence-corrected chi connectivity index (χ2v) is 8.76. The van der Waals surface area contributed by atoms with E-state index in [1.807, 2.05) is 0 Å². The van der Waals surface area contributed by atoms with Gasteiger partial charge in [0.25, 0.3) is 0 Å². The number of benzene rings is 1. The summed E-state index contributed by atoms with van der Waals surface area (Å²) in [5.41, 5.74) is 1.86. The van der Waals surface area contributed by atoms with Crippen molar-refractivity contribution in [2.24, 2.45) is 0 Å². The highest BCUT2D eigenvalue weighted by atomic mass is 32.2. The van der Waals surface area contributed by atoms with E-state index >= 15 is 0 Å². The number of aryl methyl sites for hydroxylation is 2. The molecule has 2 N–H and O–H groups in total. The van der Waals surface area contributed by atoms with E-state index in [0.29, 0.717) is 30.6 Å². The first-order valence-corrected chi connectivity index (χ1v) is 10.4. The third-order valence-corrected chi connectivity index (χ3v) is 6.71. The number of sulfonamides is 1. The fourth-order valence-electron chi connectivity index (χ4n) is 3.31. The Morgan fingerprint density at radius 3 is 2.54 bits per heavy atom. The molecule has 8 heteroatoms. The molecule has 1 atom stereocenters. The number of carboxylic acids is 1. The van der Waals surface area contributed by atoms with Gasteiger partial charge in [0.05, 0.1) is 11.3 Å². The highest BCUT2D eigenvalue weighted by Gasteiger charge is 2.36. The molecular formula is C18H26N2O5S. The molecule has 0 aromatic heterocycles. The minimum atomic E-state index is -3.48. The normalized spacial score (nSPS) is 18.5. The number of hydrogen-bond acceptors (Lipinski definition) is 4. The predicted molar refractivity (Wildman–Crippen MR) is 99.9 cm³/mol. The molecule has 1 aromatic rings. The van der Waals surface area contributed by atoms with Gasteiger partial charge in [0.1, 0.15) is 6.04 Å². The van der Waals surface area contributed by atoms with Crippen molar-refractivity contribution >= 4 is 27.6 Å². The summed E-state index contributed by atoms with van der Waals surface area (Å²) in [7, 11) is -3.48. The highest BCUT2D eigenvalue weighted by Crippen LogP contribution is 2.25. The average molecular weight is 382 g/mol. The summed E-state index contributed by atoms with van der Waals surface area (Å²) in [5, 5.41) is 12.0. The van der Waals surface area contributed by atoms with E-state index in [4.69, 9.17) is 0 Å². The fraction of sp³-hybridized carbons (Fsp3) is 0.556. The van der Waals surface area contributed by atoms with Crippen molar-refractivity contribution in [3.05, 3.63) is 28.8 Å². The number of anilines is 1. The number of aromatic carboxylic acids is 1. The highest BCUT2D eigenvalue weighted by molar-refractivity contribution is 7.89. The summed E-state index contributed by atoms with van der Waals surface area (Å²) in [6.07, 6.45) is 2.47. The molecule has 26 heavy (non-hydrogen) atoms. The molecule has 1 aliphatic heterocycles. The first-order valence-electron chi connectivity index (χ1n) is 8.82. The number of carbonyl (C=O) groups is 2. The molecule has 2 rings (SSSR count). The molecule has 1 aromatic carbocycles. The van der Waals surface area contributed by atoms with Gasteiger partial charge in [-0.25, -0.2) is 13.2 Å². The zero-order valence-corrected chi connectivity index (χ0v) is 16.2. The van der Waals surface area contributed by atoms with Gasteiger partial charge < -0.3 is 10.4 Å². The van der Waals surface area contributed by atoms with E-state index in [1.165, 1.54) is 10.4 Å². The lowest BCUT2D eigenvalue weighted by Gasteiger charge is -2.33. The van der Waals surface area contributed by atoms with Crippen LogP contribution in [0.1, 0.15) is 54.1 Å². The second-order valence-electron chi connectivity index (χ2n) is 6.71. The van der Waals surface area contributed by atoms with Crippen molar-refractivity contribution < 1.29 is 23.1 Å². The molecular weight excluding hydrogens is 356 g/mol. The van der Waals surface area contributed by atoms with Crippen LogP contribution in [0.15, 0.2) is 12.1 Å². The number of amides is 1. The van der Waals surface area contributed by atoms with Gasteiger partial charge >= 0.3 is 5.97 Å². The van der Waals surface area contributed by atoms with E-state index in [2.05, 4.69) is 5.32 Å². The Balaban J connectivity index is 2.28. The van der Waals surface area contributed by atoms with Crippen LogP contribution >= 0.6 is 0 Å². The summed E-state index contributed by atoms with van der Waals surface area (Å²) in [6, 6.07) is 2.37.